The van der Waals surface area contributed by atoms with E-state index in [1.54, 1.807) is 7.05 Å². The Balaban J connectivity index is 1.61. The zero-order valence-corrected chi connectivity index (χ0v) is 16.7. The van der Waals surface area contributed by atoms with E-state index in [2.05, 4.69) is 9.47 Å². The lowest BCUT2D eigenvalue weighted by molar-refractivity contribution is -0.677. The van der Waals surface area contributed by atoms with E-state index in [-0.39, 0.29) is 18.5 Å². The topological polar surface area (TPSA) is 74.3 Å². The number of carbonyl (C=O) groups is 2. The maximum atomic E-state index is 13.1. The summed E-state index contributed by atoms with van der Waals surface area (Å²) in [6.07, 6.45) is 5.61. The zero-order valence-electron chi connectivity index (χ0n) is 16.7. The summed E-state index contributed by atoms with van der Waals surface area (Å²) >= 11 is 0. The number of imidazole rings is 1. The number of amidine groups is 1. The second-order valence-electron chi connectivity index (χ2n) is 7.32. The van der Waals surface area contributed by atoms with Gasteiger partial charge in [-0.1, -0.05) is 17.1 Å². The molecule has 28 heavy (non-hydrogen) atoms. The Hall–Kier alpha value is -2.52. The van der Waals surface area contributed by atoms with Crippen LogP contribution in [0, 0.1) is 6.92 Å². The van der Waals surface area contributed by atoms with Crippen LogP contribution in [0.3, 0.4) is 0 Å². The van der Waals surface area contributed by atoms with E-state index in [0.29, 0.717) is 5.84 Å². The molecule has 3 aliphatic rings. The fourth-order valence-electron chi connectivity index (χ4n) is 3.95. The Morgan fingerprint density at radius 2 is 2.04 bits per heavy atom. The molecule has 9 nitrogen and oxygen atoms in total. The van der Waals surface area contributed by atoms with Crippen LogP contribution in [-0.2, 0) is 16.1 Å². The number of hydrogen-bond acceptors (Lipinski definition) is 5. The molecular weight excluding hydrogens is 360 g/mol. The molecule has 1 atom stereocenters. The SMILES string of the molecule is C/C=C/CN1C(=O)C2C(=Nc3n(CCN4CCOCC4)c(C)c[n+]32)N(C)C1=O. The summed E-state index contributed by atoms with van der Waals surface area (Å²) in [6, 6.07) is -0.910. The van der Waals surface area contributed by atoms with Gasteiger partial charge in [0, 0.05) is 33.2 Å². The molecule has 9 heteroatoms. The minimum absolute atomic E-state index is 0.228. The molecule has 1 aromatic heterocycles. The van der Waals surface area contributed by atoms with Crippen LogP contribution in [-0.4, -0.2) is 83.5 Å². The van der Waals surface area contributed by atoms with Gasteiger partial charge in [-0.3, -0.25) is 19.5 Å². The molecule has 3 amide bonds. The quantitative estimate of drug-likeness (QED) is 0.544. The predicted molar refractivity (Wildman–Crippen MR) is 102 cm³/mol. The van der Waals surface area contributed by atoms with E-state index in [1.807, 2.05) is 36.8 Å². The van der Waals surface area contributed by atoms with E-state index in [0.717, 1.165) is 51.0 Å². The van der Waals surface area contributed by atoms with Gasteiger partial charge in [0.25, 0.3) is 5.91 Å². The van der Waals surface area contributed by atoms with Crippen molar-refractivity contribution >= 4 is 23.7 Å². The number of hydrogen-bond donors (Lipinski definition) is 0. The first-order valence-corrected chi connectivity index (χ1v) is 9.73. The molecular formula is C19H27N6O3+. The highest BCUT2D eigenvalue weighted by molar-refractivity contribution is 6.19. The summed E-state index contributed by atoms with van der Waals surface area (Å²) < 4.78 is 9.44. The molecule has 0 spiro atoms. The van der Waals surface area contributed by atoms with Crippen LogP contribution in [0.2, 0.25) is 0 Å². The lowest BCUT2D eigenvalue weighted by Crippen LogP contribution is -2.62. The Morgan fingerprint density at radius 1 is 1.29 bits per heavy atom. The fourth-order valence-corrected chi connectivity index (χ4v) is 3.95. The molecule has 0 saturated carbocycles. The highest BCUT2D eigenvalue weighted by atomic mass is 16.5. The summed E-state index contributed by atoms with van der Waals surface area (Å²) in [5.74, 6) is 1.00. The third-order valence-corrected chi connectivity index (χ3v) is 5.59. The molecule has 2 saturated heterocycles. The number of likely N-dealkylation sites (N-methyl/N-ethyl adjacent to an activating group) is 1. The van der Waals surface area contributed by atoms with Crippen LogP contribution in [0.25, 0.3) is 0 Å². The summed E-state index contributed by atoms with van der Waals surface area (Å²) in [6.45, 7) is 9.26. The number of imide groups is 1. The smallest absolute Gasteiger partial charge is 0.379 e. The van der Waals surface area contributed by atoms with Gasteiger partial charge in [-0.15, -0.1) is 0 Å². The second-order valence-corrected chi connectivity index (χ2v) is 7.32. The normalized spacial score (nSPS) is 22.8. The van der Waals surface area contributed by atoms with Crippen LogP contribution < -0.4 is 4.57 Å². The lowest BCUT2D eigenvalue weighted by Gasteiger charge is -2.32. The fraction of sp³-hybridized carbons (Fsp3) is 0.579. The number of fused-ring (bicyclic) bond motifs is 3. The molecule has 0 aliphatic carbocycles. The summed E-state index contributed by atoms with van der Waals surface area (Å²) in [7, 11) is 1.68. The third-order valence-electron chi connectivity index (χ3n) is 5.59. The zero-order chi connectivity index (χ0) is 19.8. The van der Waals surface area contributed by atoms with E-state index >= 15 is 0 Å². The Labute approximate surface area is 164 Å². The minimum atomic E-state index is -0.578. The number of allylic oxidation sites excluding steroid dienone is 1. The predicted octanol–water partition coefficient (Wildman–Crippen LogP) is 0.471. The van der Waals surface area contributed by atoms with E-state index in [9.17, 15) is 9.59 Å². The van der Waals surface area contributed by atoms with Crippen LogP contribution >= 0.6 is 0 Å². The van der Waals surface area contributed by atoms with Crippen molar-refractivity contribution in [2.24, 2.45) is 4.99 Å². The van der Waals surface area contributed by atoms with Crippen LogP contribution in [0.5, 0.6) is 0 Å². The van der Waals surface area contributed by atoms with Crippen molar-refractivity contribution in [3.05, 3.63) is 24.0 Å². The average molecular weight is 387 g/mol. The van der Waals surface area contributed by atoms with Crippen LogP contribution in [0.1, 0.15) is 18.7 Å². The van der Waals surface area contributed by atoms with Gasteiger partial charge in [0.05, 0.1) is 19.8 Å². The number of aromatic nitrogens is 2. The van der Waals surface area contributed by atoms with Gasteiger partial charge in [-0.2, -0.15) is 0 Å². The first kappa shape index (κ1) is 18.8. The molecule has 0 aromatic carbocycles. The maximum absolute atomic E-state index is 13.1. The first-order chi connectivity index (χ1) is 13.5. The average Bonchev–Trinajstić information content (AvgIpc) is 3.20. The number of rotatable bonds is 5. The van der Waals surface area contributed by atoms with Gasteiger partial charge in [-0.25, -0.2) is 13.9 Å². The highest BCUT2D eigenvalue weighted by Crippen LogP contribution is 2.29. The maximum Gasteiger partial charge on any atom is 0.401 e. The highest BCUT2D eigenvalue weighted by Gasteiger charge is 2.52. The summed E-state index contributed by atoms with van der Waals surface area (Å²) in [5.41, 5.74) is 1.05. The first-order valence-electron chi connectivity index (χ1n) is 9.73. The largest absolute Gasteiger partial charge is 0.401 e. The number of aryl methyl sites for hydroxylation is 1. The molecule has 2 fully saturated rings. The molecule has 0 N–H and O–H groups in total. The number of ether oxygens (including phenoxy) is 1. The molecule has 150 valence electrons. The van der Waals surface area contributed by atoms with Crippen molar-refractivity contribution in [3.8, 4) is 0 Å². The minimum Gasteiger partial charge on any atom is -0.379 e. The second kappa shape index (κ2) is 7.48. The standard InChI is InChI=1S/C19H27N6O3/c1-4-5-6-24-17(26)15-16(21(3)19(24)27)20-18-23(14(2)13-25(15)18)8-7-22-9-11-28-12-10-22/h4-5,13,15H,6-12H2,1-3H3/q+1/b5-4+. The van der Waals surface area contributed by atoms with Crippen molar-refractivity contribution in [1.29, 1.82) is 0 Å². The molecule has 0 bridgehead atoms. The van der Waals surface area contributed by atoms with Crippen LogP contribution in [0.4, 0.5) is 10.7 Å². The lowest BCUT2D eigenvalue weighted by atomic mass is 10.1. The van der Waals surface area contributed by atoms with Crippen molar-refractivity contribution in [3.63, 3.8) is 0 Å². The van der Waals surface area contributed by atoms with Gasteiger partial charge < -0.3 is 4.74 Å². The molecule has 0 radical (unpaired) electrons. The Bertz CT molecular complexity index is 852. The Morgan fingerprint density at radius 3 is 2.75 bits per heavy atom. The van der Waals surface area contributed by atoms with Crippen LogP contribution in [0.15, 0.2) is 23.3 Å². The van der Waals surface area contributed by atoms with Crippen molar-refractivity contribution < 1.29 is 18.9 Å². The molecule has 1 aromatic rings. The Kier molecular flexibility index (Phi) is 5.03. The van der Waals surface area contributed by atoms with Gasteiger partial charge in [0.15, 0.2) is 0 Å². The molecule has 4 rings (SSSR count). The number of carbonyl (C=O) groups excluding carboxylic acids is 2. The van der Waals surface area contributed by atoms with E-state index < -0.39 is 6.04 Å². The number of aliphatic imine (C=N–C) groups is 1. The monoisotopic (exact) mass is 387 g/mol. The van der Waals surface area contributed by atoms with E-state index in [4.69, 9.17) is 9.73 Å². The molecule has 4 heterocycles. The number of urea groups is 1. The van der Waals surface area contributed by atoms with Crippen molar-refractivity contribution in [2.45, 2.75) is 26.4 Å². The number of nitrogens with zero attached hydrogens (tertiary/aromatic N) is 6. The van der Waals surface area contributed by atoms with Gasteiger partial charge >= 0.3 is 12.0 Å². The van der Waals surface area contributed by atoms with Gasteiger partial charge in [-0.05, 0) is 13.8 Å². The molecule has 3 aliphatic heterocycles. The number of morpholine rings is 1. The summed E-state index contributed by atoms with van der Waals surface area (Å²) in [4.78, 5) is 35.5. The van der Waals surface area contributed by atoms with Crippen molar-refractivity contribution in [1.82, 2.24) is 19.3 Å². The van der Waals surface area contributed by atoms with Crippen molar-refractivity contribution in [2.75, 3.05) is 46.4 Å². The van der Waals surface area contributed by atoms with Gasteiger partial charge in [0.2, 0.25) is 11.9 Å². The third kappa shape index (κ3) is 3.04. The molecule has 1 unspecified atom stereocenters. The van der Waals surface area contributed by atoms with Gasteiger partial charge in [0.1, 0.15) is 11.9 Å². The summed E-state index contributed by atoms with van der Waals surface area (Å²) in [5, 5.41) is 0. The number of amides is 3. The van der Waals surface area contributed by atoms with E-state index in [1.165, 1.54) is 9.80 Å².